The fourth-order valence-corrected chi connectivity index (χ4v) is 4.52. The predicted octanol–water partition coefficient (Wildman–Crippen LogP) is 5.09. The number of rotatable bonds is 6. The highest BCUT2D eigenvalue weighted by atomic mass is 16.5. The molecule has 4 rings (SSSR count). The summed E-state index contributed by atoms with van der Waals surface area (Å²) >= 11 is 0. The average Bonchev–Trinajstić information content (AvgIpc) is 2.85. The molecule has 180 valence electrons. The second-order valence-electron chi connectivity index (χ2n) is 8.68. The molecule has 0 radical (unpaired) electrons. The molecule has 1 saturated heterocycles. The third-order valence-corrected chi connectivity index (χ3v) is 6.18. The van der Waals surface area contributed by atoms with Crippen LogP contribution in [0.1, 0.15) is 36.9 Å². The van der Waals surface area contributed by atoms with Crippen LogP contribution < -0.4 is 20.3 Å². The van der Waals surface area contributed by atoms with Crippen molar-refractivity contribution >= 4 is 34.8 Å². The lowest BCUT2D eigenvalue weighted by atomic mass is 9.82. The smallest absolute Gasteiger partial charge is 0.229 e. The molecule has 2 atom stereocenters. The van der Waals surface area contributed by atoms with Gasteiger partial charge in [0.1, 0.15) is 5.75 Å². The summed E-state index contributed by atoms with van der Waals surface area (Å²) in [6, 6.07) is 21.7. The number of piperidine rings is 1. The van der Waals surface area contributed by atoms with Crippen molar-refractivity contribution in [2.45, 2.75) is 32.7 Å². The number of anilines is 3. The van der Waals surface area contributed by atoms with Crippen LogP contribution >= 0.6 is 0 Å². The number of amides is 3. The number of methoxy groups -OCH3 is 1. The number of hydrogen-bond donors (Lipinski definition) is 2. The van der Waals surface area contributed by atoms with Crippen molar-refractivity contribution in [2.24, 2.45) is 5.92 Å². The van der Waals surface area contributed by atoms with E-state index in [1.807, 2.05) is 55.5 Å². The van der Waals surface area contributed by atoms with Gasteiger partial charge in [-0.15, -0.1) is 0 Å². The number of carbonyl (C=O) groups excluding carboxylic acids is 3. The highest BCUT2D eigenvalue weighted by molar-refractivity contribution is 6.00. The van der Waals surface area contributed by atoms with Gasteiger partial charge < -0.3 is 20.3 Å². The predicted molar refractivity (Wildman–Crippen MR) is 136 cm³/mol. The molecule has 0 saturated carbocycles. The average molecular weight is 472 g/mol. The van der Waals surface area contributed by atoms with Crippen molar-refractivity contribution < 1.29 is 19.1 Å². The summed E-state index contributed by atoms with van der Waals surface area (Å²) in [7, 11) is 1.59. The Morgan fingerprint density at radius 2 is 1.54 bits per heavy atom. The topological polar surface area (TPSA) is 87.7 Å². The number of carbonyl (C=O) groups is 3. The highest BCUT2D eigenvalue weighted by Gasteiger charge is 2.42. The summed E-state index contributed by atoms with van der Waals surface area (Å²) in [5.41, 5.74) is 3.88. The molecule has 2 N–H and O–H groups in total. The number of para-hydroxylation sites is 1. The summed E-state index contributed by atoms with van der Waals surface area (Å²) in [5, 5.41) is 5.71. The van der Waals surface area contributed by atoms with Gasteiger partial charge in [-0.2, -0.15) is 0 Å². The number of hydrogen-bond acceptors (Lipinski definition) is 4. The molecule has 3 aromatic carbocycles. The Kier molecular flexibility index (Phi) is 7.15. The van der Waals surface area contributed by atoms with Crippen LogP contribution in [0.4, 0.5) is 17.1 Å². The number of nitrogens with zero attached hydrogens (tertiary/aromatic N) is 1. The van der Waals surface area contributed by atoms with Crippen LogP contribution in [0.2, 0.25) is 0 Å². The van der Waals surface area contributed by atoms with E-state index >= 15 is 0 Å². The zero-order valence-corrected chi connectivity index (χ0v) is 20.1. The van der Waals surface area contributed by atoms with E-state index in [-0.39, 0.29) is 24.1 Å². The number of ether oxygens (including phenoxy) is 1. The van der Waals surface area contributed by atoms with Crippen molar-refractivity contribution in [2.75, 3.05) is 22.6 Å². The Bertz CT molecular complexity index is 1220. The molecule has 1 aliphatic rings. The molecule has 7 heteroatoms. The summed E-state index contributed by atoms with van der Waals surface area (Å²) in [6.07, 6.45) is 0.679. The van der Waals surface area contributed by atoms with Gasteiger partial charge in [-0.1, -0.05) is 35.9 Å². The Balaban J connectivity index is 1.70. The molecule has 0 aliphatic carbocycles. The van der Waals surface area contributed by atoms with Gasteiger partial charge in [0.2, 0.25) is 17.7 Å². The third-order valence-electron chi connectivity index (χ3n) is 6.18. The summed E-state index contributed by atoms with van der Waals surface area (Å²) in [6.45, 7) is 3.44. The molecule has 1 fully saturated rings. The fraction of sp³-hybridized carbons (Fsp3) is 0.250. The van der Waals surface area contributed by atoms with E-state index in [1.165, 1.54) is 6.92 Å². The van der Waals surface area contributed by atoms with Gasteiger partial charge >= 0.3 is 0 Å². The first-order valence-corrected chi connectivity index (χ1v) is 11.6. The van der Waals surface area contributed by atoms with Crippen LogP contribution in [0.5, 0.6) is 5.75 Å². The fourth-order valence-electron chi connectivity index (χ4n) is 4.52. The second-order valence-corrected chi connectivity index (χ2v) is 8.68. The Morgan fingerprint density at radius 3 is 2.17 bits per heavy atom. The molecular formula is C28H29N3O4. The molecule has 1 aliphatic heterocycles. The maximum Gasteiger partial charge on any atom is 0.229 e. The Morgan fingerprint density at radius 1 is 0.914 bits per heavy atom. The zero-order chi connectivity index (χ0) is 24.9. The summed E-state index contributed by atoms with van der Waals surface area (Å²) < 4.78 is 5.62. The van der Waals surface area contributed by atoms with Gasteiger partial charge in [0.15, 0.2) is 0 Å². The van der Waals surface area contributed by atoms with Crippen LogP contribution in [-0.2, 0) is 14.4 Å². The van der Waals surface area contributed by atoms with Crippen LogP contribution in [0.3, 0.4) is 0 Å². The molecule has 3 amide bonds. The van der Waals surface area contributed by atoms with E-state index < -0.39 is 12.0 Å². The minimum absolute atomic E-state index is 0.0338. The lowest BCUT2D eigenvalue weighted by Gasteiger charge is -2.41. The van der Waals surface area contributed by atoms with E-state index in [9.17, 15) is 14.4 Å². The number of benzene rings is 3. The van der Waals surface area contributed by atoms with Crippen LogP contribution in [0.25, 0.3) is 0 Å². The molecular weight excluding hydrogens is 442 g/mol. The number of nitrogens with one attached hydrogen (secondary N) is 2. The normalized spacial score (nSPS) is 17.6. The Hall–Kier alpha value is -4.13. The van der Waals surface area contributed by atoms with Gasteiger partial charge in [-0.3, -0.25) is 14.4 Å². The molecule has 0 bridgehead atoms. The van der Waals surface area contributed by atoms with E-state index in [2.05, 4.69) is 10.6 Å². The highest BCUT2D eigenvalue weighted by Crippen LogP contribution is 2.43. The zero-order valence-electron chi connectivity index (χ0n) is 20.1. The molecule has 3 aromatic rings. The van der Waals surface area contributed by atoms with Crippen LogP contribution in [0.15, 0.2) is 72.8 Å². The molecule has 35 heavy (non-hydrogen) atoms. The van der Waals surface area contributed by atoms with Crippen LogP contribution in [-0.4, -0.2) is 24.8 Å². The molecule has 1 heterocycles. The van der Waals surface area contributed by atoms with Crippen molar-refractivity contribution in [1.82, 2.24) is 0 Å². The summed E-state index contributed by atoms with van der Waals surface area (Å²) in [5.74, 6) is -0.252. The minimum Gasteiger partial charge on any atom is -0.496 e. The van der Waals surface area contributed by atoms with Gasteiger partial charge in [0.05, 0.1) is 19.1 Å². The lowest BCUT2D eigenvalue weighted by Crippen LogP contribution is -2.47. The van der Waals surface area contributed by atoms with E-state index in [0.717, 1.165) is 16.8 Å². The maximum absolute atomic E-state index is 13.6. The molecule has 0 unspecified atom stereocenters. The number of aryl methyl sites for hydroxylation is 1. The first kappa shape index (κ1) is 24.0. The standard InChI is InChI=1S/C28H29N3O4/c1-18-8-14-22(15-9-18)31-26(33)17-16-24(27(31)23-6-4-5-7-25(23)35-3)28(34)30-21-12-10-20(11-13-21)29-19(2)32/h4-15,24,27H,16-17H2,1-3H3,(H,29,32)(H,30,34)/t24-,27-/m1/s1. The van der Waals surface area contributed by atoms with Crippen molar-refractivity contribution in [1.29, 1.82) is 0 Å². The third kappa shape index (κ3) is 5.35. The minimum atomic E-state index is -0.534. The van der Waals surface area contributed by atoms with E-state index in [4.69, 9.17) is 4.74 Å². The van der Waals surface area contributed by atoms with E-state index in [0.29, 0.717) is 23.5 Å². The van der Waals surface area contributed by atoms with Crippen LogP contribution in [0, 0.1) is 12.8 Å². The molecule has 7 nitrogen and oxygen atoms in total. The maximum atomic E-state index is 13.6. The Labute approximate surface area is 205 Å². The van der Waals surface area contributed by atoms with E-state index in [1.54, 1.807) is 36.3 Å². The van der Waals surface area contributed by atoms with Crippen molar-refractivity contribution in [3.8, 4) is 5.75 Å². The van der Waals surface area contributed by atoms with Gasteiger partial charge in [-0.05, 0) is 55.8 Å². The molecule has 0 aromatic heterocycles. The van der Waals surface area contributed by atoms with Gasteiger partial charge in [-0.25, -0.2) is 0 Å². The van der Waals surface area contributed by atoms with Gasteiger partial charge in [0, 0.05) is 36.0 Å². The molecule has 0 spiro atoms. The second kappa shape index (κ2) is 10.4. The first-order chi connectivity index (χ1) is 16.9. The largest absolute Gasteiger partial charge is 0.496 e. The monoisotopic (exact) mass is 471 g/mol. The quantitative estimate of drug-likeness (QED) is 0.525. The summed E-state index contributed by atoms with van der Waals surface area (Å²) in [4.78, 5) is 39.8. The lowest BCUT2D eigenvalue weighted by molar-refractivity contribution is -0.126. The van der Waals surface area contributed by atoms with Gasteiger partial charge in [0.25, 0.3) is 0 Å². The van der Waals surface area contributed by atoms with Crippen molar-refractivity contribution in [3.63, 3.8) is 0 Å². The van der Waals surface area contributed by atoms with Crippen molar-refractivity contribution in [3.05, 3.63) is 83.9 Å². The first-order valence-electron chi connectivity index (χ1n) is 11.6. The SMILES string of the molecule is COc1ccccc1[C@@H]1[C@H](C(=O)Nc2ccc(NC(C)=O)cc2)CCC(=O)N1c1ccc(C)cc1.